The summed E-state index contributed by atoms with van der Waals surface area (Å²) in [6, 6.07) is 0. The zero-order chi connectivity index (χ0) is 6.81. The predicted octanol–water partition coefficient (Wildman–Crippen LogP) is 1.87. The lowest BCUT2D eigenvalue weighted by Crippen LogP contribution is -2.13. The van der Waals surface area contributed by atoms with Crippen LogP contribution in [0, 0.1) is 0 Å². The first-order valence-corrected chi connectivity index (χ1v) is 3.81. The molecule has 0 spiro atoms. The molecule has 0 bridgehead atoms. The minimum Gasteiger partial charge on any atom is -0.479 e. The van der Waals surface area contributed by atoms with Gasteiger partial charge in [0.25, 0.3) is 0 Å². The number of allylic oxidation sites excluding steroid dienone is 1. The molecule has 0 aromatic carbocycles. The Kier molecular flexibility index (Phi) is 1.46. The van der Waals surface area contributed by atoms with Crippen molar-refractivity contribution in [2.45, 2.75) is 25.7 Å². The van der Waals surface area contributed by atoms with Gasteiger partial charge in [-0.3, -0.25) is 0 Å². The quantitative estimate of drug-likeness (QED) is 0.499. The van der Waals surface area contributed by atoms with Gasteiger partial charge in [-0.2, -0.15) is 0 Å². The van der Waals surface area contributed by atoms with Gasteiger partial charge in [-0.15, -0.1) is 0 Å². The highest BCUT2D eigenvalue weighted by Gasteiger charge is 2.15. The molecular formula is C8H11NO. The minimum absolute atomic E-state index is 0.541. The summed E-state index contributed by atoms with van der Waals surface area (Å²) in [6.07, 6.45) is 6.81. The van der Waals surface area contributed by atoms with Crippen LogP contribution < -0.4 is 0 Å². The highest BCUT2D eigenvalue weighted by atomic mass is 16.5. The second-order valence-corrected chi connectivity index (χ2v) is 2.75. The van der Waals surface area contributed by atoms with Crippen LogP contribution >= 0.6 is 0 Å². The number of rotatable bonds is 0. The summed E-state index contributed by atoms with van der Waals surface area (Å²) < 4.78 is 5.09. The van der Waals surface area contributed by atoms with Gasteiger partial charge in [0.1, 0.15) is 0 Å². The Morgan fingerprint density at radius 2 is 2.20 bits per heavy atom. The van der Waals surface area contributed by atoms with E-state index in [1.807, 2.05) is 6.26 Å². The maximum atomic E-state index is 5.09. The van der Waals surface area contributed by atoms with Crippen LogP contribution in [0.15, 0.2) is 16.8 Å². The van der Waals surface area contributed by atoms with Crippen molar-refractivity contribution in [3.63, 3.8) is 0 Å². The van der Waals surface area contributed by atoms with Crippen LogP contribution in [-0.4, -0.2) is 12.4 Å². The third-order valence-corrected chi connectivity index (χ3v) is 2.04. The van der Waals surface area contributed by atoms with E-state index >= 15 is 0 Å². The van der Waals surface area contributed by atoms with Gasteiger partial charge in [-0.05, 0) is 25.7 Å². The zero-order valence-electron chi connectivity index (χ0n) is 5.97. The molecule has 0 radical (unpaired) electrons. The van der Waals surface area contributed by atoms with E-state index in [0.29, 0.717) is 6.73 Å². The second kappa shape index (κ2) is 2.45. The van der Waals surface area contributed by atoms with E-state index in [-0.39, 0.29) is 0 Å². The van der Waals surface area contributed by atoms with Gasteiger partial charge < -0.3 is 4.74 Å². The lowest BCUT2D eigenvalue weighted by Gasteiger charge is -2.19. The van der Waals surface area contributed by atoms with Crippen molar-refractivity contribution >= 4 is 5.71 Å². The molecule has 1 aliphatic heterocycles. The highest BCUT2D eigenvalue weighted by molar-refractivity contribution is 6.00. The van der Waals surface area contributed by atoms with Crippen LogP contribution in [0.4, 0.5) is 0 Å². The molecule has 0 unspecified atom stereocenters. The van der Waals surface area contributed by atoms with Crippen LogP contribution in [0.25, 0.3) is 0 Å². The largest absolute Gasteiger partial charge is 0.479 e. The van der Waals surface area contributed by atoms with E-state index in [2.05, 4.69) is 4.99 Å². The average Bonchev–Trinajstić information content (AvgIpc) is 2.05. The number of nitrogens with zero attached hydrogens (tertiary/aromatic N) is 1. The third kappa shape index (κ3) is 0.939. The Morgan fingerprint density at radius 3 is 3.10 bits per heavy atom. The molecule has 1 fully saturated rings. The van der Waals surface area contributed by atoms with Gasteiger partial charge in [0, 0.05) is 11.3 Å². The molecule has 1 heterocycles. The fraction of sp³-hybridized carbons (Fsp3) is 0.625. The van der Waals surface area contributed by atoms with E-state index in [1.165, 1.54) is 30.5 Å². The van der Waals surface area contributed by atoms with Crippen molar-refractivity contribution in [1.82, 2.24) is 0 Å². The Hall–Kier alpha value is -0.790. The topological polar surface area (TPSA) is 21.6 Å². The summed E-state index contributed by atoms with van der Waals surface area (Å²) in [5, 5.41) is 0. The summed E-state index contributed by atoms with van der Waals surface area (Å²) in [5.41, 5.74) is 2.62. The molecule has 2 rings (SSSR count). The third-order valence-electron chi connectivity index (χ3n) is 2.04. The predicted molar refractivity (Wildman–Crippen MR) is 39.9 cm³/mol. The molecular weight excluding hydrogens is 126 g/mol. The maximum Gasteiger partial charge on any atom is 0.178 e. The molecule has 2 nitrogen and oxygen atoms in total. The van der Waals surface area contributed by atoms with Crippen LogP contribution in [0.2, 0.25) is 0 Å². The minimum atomic E-state index is 0.541. The highest BCUT2D eigenvalue weighted by Crippen LogP contribution is 2.22. The van der Waals surface area contributed by atoms with Crippen LogP contribution in [0.3, 0.4) is 0 Å². The Bertz CT molecular complexity index is 171. The van der Waals surface area contributed by atoms with Gasteiger partial charge in [-0.1, -0.05) is 0 Å². The van der Waals surface area contributed by atoms with E-state index in [9.17, 15) is 0 Å². The maximum absolute atomic E-state index is 5.09. The zero-order valence-corrected chi connectivity index (χ0v) is 5.97. The van der Waals surface area contributed by atoms with E-state index in [0.717, 1.165) is 6.42 Å². The van der Waals surface area contributed by atoms with Crippen molar-refractivity contribution in [2.75, 3.05) is 6.73 Å². The lowest BCUT2D eigenvalue weighted by molar-refractivity contribution is 0.252. The molecule has 0 aromatic rings. The average molecular weight is 137 g/mol. The molecule has 1 aliphatic carbocycles. The first kappa shape index (κ1) is 5.96. The van der Waals surface area contributed by atoms with E-state index in [4.69, 9.17) is 4.74 Å². The van der Waals surface area contributed by atoms with E-state index < -0.39 is 0 Å². The van der Waals surface area contributed by atoms with Crippen molar-refractivity contribution < 1.29 is 4.74 Å². The number of ether oxygens (including phenoxy) is 1. The summed E-state index contributed by atoms with van der Waals surface area (Å²) in [6.45, 7) is 0.541. The van der Waals surface area contributed by atoms with Gasteiger partial charge in [0.2, 0.25) is 0 Å². The molecule has 0 atom stereocenters. The van der Waals surface area contributed by atoms with Gasteiger partial charge >= 0.3 is 0 Å². The molecule has 10 heavy (non-hydrogen) atoms. The Morgan fingerprint density at radius 1 is 1.30 bits per heavy atom. The van der Waals surface area contributed by atoms with Crippen molar-refractivity contribution in [1.29, 1.82) is 0 Å². The van der Waals surface area contributed by atoms with Gasteiger partial charge in [0.05, 0.1) is 6.26 Å². The standard InChI is InChI=1S/C8H11NO/c1-2-4-8-7(3-1)5-10-6-9-8/h5H,1-4,6H2. The normalized spacial score (nSPS) is 24.0. The van der Waals surface area contributed by atoms with E-state index in [1.54, 1.807) is 0 Å². The van der Waals surface area contributed by atoms with Crippen LogP contribution in [-0.2, 0) is 4.74 Å². The molecule has 0 saturated heterocycles. The summed E-state index contributed by atoms with van der Waals surface area (Å²) in [4.78, 5) is 4.28. The SMILES string of the molecule is C1=C2CCCCC2=NCO1. The van der Waals surface area contributed by atoms with Crippen LogP contribution in [0.5, 0.6) is 0 Å². The fourth-order valence-corrected chi connectivity index (χ4v) is 1.47. The molecule has 54 valence electrons. The molecule has 0 amide bonds. The Balaban J connectivity index is 2.19. The van der Waals surface area contributed by atoms with Crippen molar-refractivity contribution in [3.05, 3.63) is 11.8 Å². The molecule has 2 heteroatoms. The Labute approximate surface area is 60.6 Å². The molecule has 2 aliphatic rings. The van der Waals surface area contributed by atoms with Crippen molar-refractivity contribution in [2.24, 2.45) is 4.99 Å². The summed E-state index contributed by atoms with van der Waals surface area (Å²) >= 11 is 0. The monoisotopic (exact) mass is 137 g/mol. The smallest absolute Gasteiger partial charge is 0.178 e. The fourth-order valence-electron chi connectivity index (χ4n) is 1.47. The molecule has 1 saturated carbocycles. The number of aliphatic imine (C=N–C) groups is 1. The first-order chi connectivity index (χ1) is 4.97. The molecule has 0 aromatic heterocycles. The summed E-state index contributed by atoms with van der Waals surface area (Å²) in [5.74, 6) is 0. The number of fused-ring (bicyclic) bond motifs is 1. The van der Waals surface area contributed by atoms with Gasteiger partial charge in [0.15, 0.2) is 6.73 Å². The number of hydrogen-bond donors (Lipinski definition) is 0. The second-order valence-electron chi connectivity index (χ2n) is 2.75. The summed E-state index contributed by atoms with van der Waals surface area (Å²) in [7, 11) is 0. The lowest BCUT2D eigenvalue weighted by atomic mass is 9.93. The van der Waals surface area contributed by atoms with Crippen molar-refractivity contribution in [3.8, 4) is 0 Å². The van der Waals surface area contributed by atoms with Crippen LogP contribution in [0.1, 0.15) is 25.7 Å². The van der Waals surface area contributed by atoms with Gasteiger partial charge in [-0.25, -0.2) is 4.99 Å². The first-order valence-electron chi connectivity index (χ1n) is 3.81. The number of hydrogen-bond acceptors (Lipinski definition) is 2. The molecule has 0 N–H and O–H groups in total.